The van der Waals surface area contributed by atoms with Gasteiger partial charge in [0.25, 0.3) is 0 Å². The van der Waals surface area contributed by atoms with Crippen LogP contribution in [0, 0.1) is 6.92 Å². The largest absolute Gasteiger partial charge is 0.462 e. The van der Waals surface area contributed by atoms with E-state index in [9.17, 15) is 4.79 Å². The second-order valence-corrected chi connectivity index (χ2v) is 10.4. The third-order valence-corrected chi connectivity index (χ3v) is 8.32. The van der Waals surface area contributed by atoms with E-state index in [1.54, 1.807) is 11.8 Å². The molecule has 154 valence electrons. The topological polar surface area (TPSA) is 38.3 Å². The molecule has 2 aromatic rings. The summed E-state index contributed by atoms with van der Waals surface area (Å²) in [5, 5.41) is 3.56. The molecule has 2 aliphatic heterocycles. The summed E-state index contributed by atoms with van der Waals surface area (Å²) in [6, 6.07) is 16.4. The summed E-state index contributed by atoms with van der Waals surface area (Å²) in [6.45, 7) is 8.45. The van der Waals surface area contributed by atoms with Crippen molar-refractivity contribution < 1.29 is 9.53 Å². The first kappa shape index (κ1) is 21.2. The van der Waals surface area contributed by atoms with Gasteiger partial charge >= 0.3 is 5.97 Å². The van der Waals surface area contributed by atoms with Crippen molar-refractivity contribution >= 4 is 62.7 Å². The van der Waals surface area contributed by atoms with Gasteiger partial charge in [0.2, 0.25) is 0 Å². The predicted octanol–water partition coefficient (Wildman–Crippen LogP) is 6.65. The third-order valence-electron chi connectivity index (χ3n) is 4.98. The fourth-order valence-corrected chi connectivity index (χ4v) is 6.61. The lowest BCUT2D eigenvalue weighted by molar-refractivity contribution is -0.137. The van der Waals surface area contributed by atoms with E-state index in [1.165, 1.54) is 17.3 Å². The molecule has 0 bridgehead atoms. The van der Waals surface area contributed by atoms with Crippen LogP contribution in [0.1, 0.15) is 37.5 Å². The average molecular weight is 454 g/mol. The Bertz CT molecular complexity index is 1100. The fraction of sp³-hybridized carbons (Fsp3) is 0.250. The van der Waals surface area contributed by atoms with E-state index in [4.69, 9.17) is 17.0 Å². The quantitative estimate of drug-likeness (QED) is 0.319. The molecule has 0 amide bonds. The lowest BCUT2D eigenvalue weighted by Gasteiger charge is -2.37. The number of esters is 1. The van der Waals surface area contributed by atoms with Crippen LogP contribution in [-0.2, 0) is 9.53 Å². The van der Waals surface area contributed by atoms with E-state index in [2.05, 4.69) is 44.3 Å². The van der Waals surface area contributed by atoms with Crippen molar-refractivity contribution in [1.82, 2.24) is 0 Å². The van der Waals surface area contributed by atoms with Gasteiger partial charge in [-0.1, -0.05) is 77.7 Å². The molecule has 0 unspecified atom stereocenters. The van der Waals surface area contributed by atoms with Crippen LogP contribution in [-0.4, -0.2) is 23.0 Å². The predicted molar refractivity (Wildman–Crippen MR) is 134 cm³/mol. The molecule has 0 spiro atoms. The smallest absolute Gasteiger partial charge is 0.346 e. The second-order valence-electron chi connectivity index (χ2n) is 7.74. The zero-order chi connectivity index (χ0) is 21.5. The summed E-state index contributed by atoms with van der Waals surface area (Å²) in [4.78, 5) is 15.2. The summed E-state index contributed by atoms with van der Waals surface area (Å²) in [7, 11) is 0. The number of fused-ring (bicyclic) bond motifs is 1. The number of aryl methyl sites for hydroxylation is 1. The van der Waals surface area contributed by atoms with Crippen molar-refractivity contribution in [3.63, 3.8) is 0 Å². The molecule has 0 radical (unpaired) electrons. The number of nitrogens with one attached hydrogen (secondary N) is 1. The van der Waals surface area contributed by atoms with Crippen LogP contribution in [0.3, 0.4) is 0 Å². The van der Waals surface area contributed by atoms with Crippen LogP contribution >= 0.6 is 35.7 Å². The van der Waals surface area contributed by atoms with Crippen molar-refractivity contribution in [2.45, 2.75) is 33.2 Å². The van der Waals surface area contributed by atoms with Crippen molar-refractivity contribution in [2.24, 2.45) is 0 Å². The Morgan fingerprint density at radius 2 is 1.87 bits per heavy atom. The van der Waals surface area contributed by atoms with E-state index in [0.717, 1.165) is 36.4 Å². The molecular weight excluding hydrogens is 430 g/mol. The second kappa shape index (κ2) is 8.25. The molecule has 0 saturated heterocycles. The summed E-state index contributed by atoms with van der Waals surface area (Å²) in [5.74, 6) is -0.284. The van der Waals surface area contributed by atoms with Crippen molar-refractivity contribution in [3.8, 4) is 0 Å². The summed E-state index contributed by atoms with van der Waals surface area (Å²) in [5.41, 5.74) is 5.01. The maximum atomic E-state index is 12.8. The molecule has 2 aromatic carbocycles. The number of thioether (sulfide) groups is 2. The average Bonchev–Trinajstić information content (AvgIpc) is 3.15. The maximum absolute atomic E-state index is 12.8. The van der Waals surface area contributed by atoms with Gasteiger partial charge in [-0.3, -0.25) is 0 Å². The van der Waals surface area contributed by atoms with Crippen LogP contribution in [0.2, 0.25) is 0 Å². The van der Waals surface area contributed by atoms with E-state index in [1.807, 2.05) is 37.3 Å². The number of benzene rings is 2. The zero-order valence-electron chi connectivity index (χ0n) is 17.4. The van der Waals surface area contributed by atoms with E-state index < -0.39 is 0 Å². The Hall–Kier alpha value is -2.02. The molecule has 0 saturated carbocycles. The molecule has 6 heteroatoms. The van der Waals surface area contributed by atoms with Gasteiger partial charge in [0.1, 0.15) is 4.91 Å². The minimum atomic E-state index is -0.360. The van der Waals surface area contributed by atoms with Crippen LogP contribution in [0.4, 0.5) is 5.69 Å². The number of ether oxygens (including phenoxy) is 1. The van der Waals surface area contributed by atoms with Gasteiger partial charge in [-0.2, -0.15) is 0 Å². The van der Waals surface area contributed by atoms with Gasteiger partial charge < -0.3 is 10.1 Å². The molecule has 4 rings (SSSR count). The first-order chi connectivity index (χ1) is 14.3. The summed E-state index contributed by atoms with van der Waals surface area (Å²) in [6.07, 6.45) is 0. The Morgan fingerprint density at radius 1 is 1.13 bits per heavy atom. The minimum Gasteiger partial charge on any atom is -0.462 e. The first-order valence-electron chi connectivity index (χ1n) is 9.82. The van der Waals surface area contributed by atoms with Crippen LogP contribution < -0.4 is 5.32 Å². The first-order valence-corrected chi connectivity index (χ1v) is 11.9. The number of hydrogen-bond donors (Lipinski definition) is 1. The number of hydrogen-bond acceptors (Lipinski definition) is 6. The number of carbonyl (C=O) groups excluding carboxylic acids is 1. The lowest BCUT2D eigenvalue weighted by atomic mass is 9.85. The highest BCUT2D eigenvalue weighted by molar-refractivity contribution is 8.32. The van der Waals surface area contributed by atoms with Gasteiger partial charge in [0.05, 0.1) is 16.4 Å². The lowest BCUT2D eigenvalue weighted by Crippen LogP contribution is -2.43. The molecule has 0 atom stereocenters. The molecule has 2 aliphatic rings. The summed E-state index contributed by atoms with van der Waals surface area (Å²) >= 11 is 9.04. The molecule has 0 aromatic heterocycles. The number of carbonyl (C=O) groups is 1. The van der Waals surface area contributed by atoms with Gasteiger partial charge in [-0.25, -0.2) is 4.79 Å². The van der Waals surface area contributed by atoms with E-state index >= 15 is 0 Å². The van der Waals surface area contributed by atoms with Crippen molar-refractivity contribution in [3.05, 3.63) is 74.4 Å². The SMILES string of the molecule is CCOC(=O)C1=C(c2ccccc2)SC(=C2C(=S)C(C)(C)Nc3ccc(C)cc32)S1. The van der Waals surface area contributed by atoms with E-state index in [-0.39, 0.29) is 11.5 Å². The Morgan fingerprint density at radius 3 is 2.57 bits per heavy atom. The molecular formula is C24H23NO2S3. The maximum Gasteiger partial charge on any atom is 0.346 e. The number of rotatable bonds is 3. The molecule has 30 heavy (non-hydrogen) atoms. The molecule has 0 aliphatic carbocycles. The molecule has 1 N–H and O–H groups in total. The fourth-order valence-electron chi connectivity index (χ4n) is 3.52. The Balaban J connectivity index is 1.88. The Labute approximate surface area is 191 Å². The number of anilines is 1. The zero-order valence-corrected chi connectivity index (χ0v) is 19.8. The number of thiocarbonyl (C=S) groups is 1. The monoisotopic (exact) mass is 453 g/mol. The van der Waals surface area contributed by atoms with Crippen LogP contribution in [0.15, 0.2) is 57.7 Å². The van der Waals surface area contributed by atoms with Crippen LogP contribution in [0.25, 0.3) is 10.5 Å². The standard InChI is InChI=1S/C24H23NO2S3/c1-5-27-22(26)20-19(15-9-7-6-8-10-15)29-23(30-20)18-16-13-14(2)11-12-17(16)25-24(3,4)21(18)28/h6-13,25H,5H2,1-4H3. The van der Waals surface area contributed by atoms with Crippen LogP contribution in [0.5, 0.6) is 0 Å². The highest BCUT2D eigenvalue weighted by Gasteiger charge is 2.38. The van der Waals surface area contributed by atoms with Gasteiger partial charge in [0.15, 0.2) is 0 Å². The van der Waals surface area contributed by atoms with E-state index in [0.29, 0.717) is 11.5 Å². The van der Waals surface area contributed by atoms with Gasteiger partial charge in [-0.15, -0.1) is 0 Å². The molecule has 3 nitrogen and oxygen atoms in total. The molecule has 2 heterocycles. The molecule has 0 fully saturated rings. The van der Waals surface area contributed by atoms with Crippen molar-refractivity contribution in [1.29, 1.82) is 0 Å². The normalized spacial score (nSPS) is 20.1. The van der Waals surface area contributed by atoms with Gasteiger partial charge in [-0.05, 0) is 45.4 Å². The highest BCUT2D eigenvalue weighted by atomic mass is 32.2. The highest BCUT2D eigenvalue weighted by Crippen LogP contribution is 2.58. The Kier molecular flexibility index (Phi) is 5.84. The van der Waals surface area contributed by atoms with Gasteiger partial charge in [0, 0.05) is 26.6 Å². The van der Waals surface area contributed by atoms with Crippen molar-refractivity contribution in [2.75, 3.05) is 11.9 Å². The summed E-state index contributed by atoms with van der Waals surface area (Å²) < 4.78 is 6.40. The minimum absolute atomic E-state index is 0.284. The third kappa shape index (κ3) is 3.84.